The Kier molecular flexibility index (Phi) is 6.28. The zero-order chi connectivity index (χ0) is 19.2. The summed E-state index contributed by atoms with van der Waals surface area (Å²) in [5.41, 5.74) is 0.790. The van der Waals surface area contributed by atoms with Crippen LogP contribution in [0.25, 0.3) is 11.4 Å². The minimum atomic E-state index is 0.210. The van der Waals surface area contributed by atoms with E-state index in [9.17, 15) is 4.79 Å². The van der Waals surface area contributed by atoms with E-state index in [0.29, 0.717) is 42.5 Å². The first-order valence-electron chi connectivity index (χ1n) is 9.24. The van der Waals surface area contributed by atoms with Crippen molar-refractivity contribution in [1.29, 1.82) is 0 Å². The van der Waals surface area contributed by atoms with Gasteiger partial charge in [0.15, 0.2) is 11.5 Å². The molecule has 1 N–H and O–H groups in total. The zero-order valence-electron chi connectivity index (χ0n) is 16.2. The highest BCUT2D eigenvalue weighted by molar-refractivity contribution is 5.76. The zero-order valence-corrected chi connectivity index (χ0v) is 16.2. The van der Waals surface area contributed by atoms with Crippen LogP contribution in [0.3, 0.4) is 0 Å². The Morgan fingerprint density at radius 1 is 1.22 bits per heavy atom. The summed E-state index contributed by atoms with van der Waals surface area (Å²) in [4.78, 5) is 20.1. The number of piperazine rings is 1. The van der Waals surface area contributed by atoms with Crippen LogP contribution in [0.15, 0.2) is 22.7 Å². The molecule has 1 aromatic heterocycles. The SMILES string of the molecule is COc1ccc(-c2noc(CCCC(=O)N3CC[NH+](C)CC3)n2)cc1OC. The van der Waals surface area contributed by atoms with Gasteiger partial charge in [-0.15, -0.1) is 0 Å². The Morgan fingerprint density at radius 3 is 2.67 bits per heavy atom. The van der Waals surface area contributed by atoms with Crippen LogP contribution < -0.4 is 14.4 Å². The lowest BCUT2D eigenvalue weighted by Crippen LogP contribution is -3.12. The van der Waals surface area contributed by atoms with Crippen LogP contribution in [-0.2, 0) is 11.2 Å². The molecule has 27 heavy (non-hydrogen) atoms. The number of carbonyl (C=O) groups excluding carboxylic acids is 1. The molecule has 1 saturated heterocycles. The van der Waals surface area contributed by atoms with E-state index in [0.717, 1.165) is 31.7 Å². The van der Waals surface area contributed by atoms with Crippen molar-refractivity contribution >= 4 is 5.91 Å². The predicted molar refractivity (Wildman–Crippen MR) is 99.0 cm³/mol. The van der Waals surface area contributed by atoms with Crippen molar-refractivity contribution in [3.8, 4) is 22.9 Å². The normalized spacial score (nSPS) is 15.0. The summed E-state index contributed by atoms with van der Waals surface area (Å²) in [6.45, 7) is 3.72. The molecule has 1 fully saturated rings. The molecule has 1 aromatic carbocycles. The van der Waals surface area contributed by atoms with Crippen molar-refractivity contribution in [1.82, 2.24) is 15.0 Å². The standard InChI is InChI=1S/C19H26N4O4/c1-22-9-11-23(12-10-22)18(24)6-4-5-17-20-19(21-27-17)14-7-8-15(25-2)16(13-14)26-3/h7-8,13H,4-6,9-12H2,1-3H3/p+1. The topological polar surface area (TPSA) is 82.1 Å². The number of aromatic nitrogens is 2. The van der Waals surface area contributed by atoms with E-state index in [2.05, 4.69) is 17.2 Å². The highest BCUT2D eigenvalue weighted by atomic mass is 16.5. The van der Waals surface area contributed by atoms with Gasteiger partial charge in [0.05, 0.1) is 47.4 Å². The Balaban J connectivity index is 1.53. The lowest BCUT2D eigenvalue weighted by Gasteiger charge is -2.30. The maximum Gasteiger partial charge on any atom is 0.226 e. The number of nitrogens with zero attached hydrogens (tertiary/aromatic N) is 3. The fourth-order valence-electron chi connectivity index (χ4n) is 3.14. The van der Waals surface area contributed by atoms with Crippen LogP contribution in [0.2, 0.25) is 0 Å². The van der Waals surface area contributed by atoms with E-state index in [4.69, 9.17) is 14.0 Å². The van der Waals surface area contributed by atoms with Crippen LogP contribution >= 0.6 is 0 Å². The van der Waals surface area contributed by atoms with Gasteiger partial charge in [0.25, 0.3) is 0 Å². The molecular formula is C19H27N4O4+. The molecule has 0 bridgehead atoms. The molecule has 0 atom stereocenters. The summed E-state index contributed by atoms with van der Waals surface area (Å²) >= 11 is 0. The quantitative estimate of drug-likeness (QED) is 0.756. The lowest BCUT2D eigenvalue weighted by molar-refractivity contribution is -0.883. The third-order valence-corrected chi connectivity index (χ3v) is 4.86. The minimum Gasteiger partial charge on any atom is -0.493 e. The van der Waals surface area contributed by atoms with Gasteiger partial charge >= 0.3 is 0 Å². The van der Waals surface area contributed by atoms with E-state index in [1.165, 1.54) is 4.90 Å². The largest absolute Gasteiger partial charge is 0.493 e. The maximum absolute atomic E-state index is 12.3. The van der Waals surface area contributed by atoms with Crippen LogP contribution in [0.4, 0.5) is 0 Å². The highest BCUT2D eigenvalue weighted by Gasteiger charge is 2.21. The fraction of sp³-hybridized carbons (Fsp3) is 0.526. The molecule has 0 aliphatic carbocycles. The second-order valence-corrected chi connectivity index (χ2v) is 6.77. The average molecular weight is 375 g/mol. The summed E-state index contributed by atoms with van der Waals surface area (Å²) in [6, 6.07) is 5.47. The van der Waals surface area contributed by atoms with Crippen LogP contribution in [0.5, 0.6) is 11.5 Å². The third kappa shape index (κ3) is 4.77. The molecule has 8 nitrogen and oxygen atoms in total. The van der Waals surface area contributed by atoms with Gasteiger partial charge in [0.1, 0.15) is 0 Å². The van der Waals surface area contributed by atoms with E-state index in [-0.39, 0.29) is 5.91 Å². The first kappa shape index (κ1) is 19.2. The van der Waals surface area contributed by atoms with Crippen molar-refractivity contribution in [2.45, 2.75) is 19.3 Å². The molecule has 1 amide bonds. The Hall–Kier alpha value is -2.61. The Labute approximate surface area is 159 Å². The number of benzene rings is 1. The van der Waals surface area contributed by atoms with Crippen molar-refractivity contribution in [3.05, 3.63) is 24.1 Å². The molecule has 0 unspecified atom stereocenters. The van der Waals surface area contributed by atoms with Crippen molar-refractivity contribution in [2.24, 2.45) is 0 Å². The highest BCUT2D eigenvalue weighted by Crippen LogP contribution is 2.31. The minimum absolute atomic E-state index is 0.210. The molecular weight excluding hydrogens is 348 g/mol. The predicted octanol–water partition coefficient (Wildman–Crippen LogP) is 0.433. The summed E-state index contributed by atoms with van der Waals surface area (Å²) in [5, 5.41) is 4.03. The lowest BCUT2D eigenvalue weighted by atomic mass is 10.2. The van der Waals surface area contributed by atoms with Gasteiger partial charge in [0, 0.05) is 18.4 Å². The van der Waals surface area contributed by atoms with Gasteiger partial charge in [-0.05, 0) is 24.6 Å². The molecule has 0 saturated carbocycles. The van der Waals surface area contributed by atoms with E-state index >= 15 is 0 Å². The van der Waals surface area contributed by atoms with Crippen molar-refractivity contribution < 1.29 is 23.7 Å². The molecule has 146 valence electrons. The number of hydrogen-bond donors (Lipinski definition) is 1. The molecule has 0 spiro atoms. The summed E-state index contributed by atoms with van der Waals surface area (Å²) in [7, 11) is 5.34. The monoisotopic (exact) mass is 375 g/mol. The smallest absolute Gasteiger partial charge is 0.226 e. The van der Waals surface area contributed by atoms with Gasteiger partial charge in [-0.1, -0.05) is 5.16 Å². The number of amides is 1. The van der Waals surface area contributed by atoms with E-state index in [1.54, 1.807) is 20.3 Å². The number of likely N-dealkylation sites (N-methyl/N-ethyl adjacent to an activating group) is 1. The number of ether oxygens (including phenoxy) is 2. The first-order valence-corrected chi connectivity index (χ1v) is 9.24. The number of quaternary nitrogens is 1. The summed E-state index contributed by atoms with van der Waals surface area (Å²) < 4.78 is 15.9. The molecule has 1 aliphatic heterocycles. The number of nitrogens with one attached hydrogen (secondary N) is 1. The first-order chi connectivity index (χ1) is 13.1. The van der Waals surface area contributed by atoms with Gasteiger partial charge in [-0.3, -0.25) is 4.79 Å². The molecule has 2 aromatic rings. The molecule has 1 aliphatic rings. The number of rotatable bonds is 7. The Bertz CT molecular complexity index is 769. The van der Waals surface area contributed by atoms with Gasteiger partial charge in [0.2, 0.25) is 17.6 Å². The maximum atomic E-state index is 12.3. The van der Waals surface area contributed by atoms with E-state index < -0.39 is 0 Å². The number of hydrogen-bond acceptors (Lipinski definition) is 6. The Morgan fingerprint density at radius 2 is 1.96 bits per heavy atom. The van der Waals surface area contributed by atoms with Gasteiger partial charge in [-0.2, -0.15) is 4.98 Å². The summed E-state index contributed by atoms with van der Waals surface area (Å²) in [5.74, 6) is 2.51. The average Bonchev–Trinajstić information content (AvgIpc) is 3.16. The van der Waals surface area contributed by atoms with Crippen LogP contribution in [0.1, 0.15) is 18.7 Å². The number of methoxy groups -OCH3 is 2. The van der Waals surface area contributed by atoms with Gasteiger partial charge < -0.3 is 23.8 Å². The van der Waals surface area contributed by atoms with Crippen molar-refractivity contribution in [2.75, 3.05) is 47.4 Å². The number of carbonyl (C=O) groups is 1. The summed E-state index contributed by atoms with van der Waals surface area (Å²) in [6.07, 6.45) is 1.80. The van der Waals surface area contributed by atoms with Crippen molar-refractivity contribution in [3.63, 3.8) is 0 Å². The molecule has 3 rings (SSSR count). The van der Waals surface area contributed by atoms with E-state index in [1.807, 2.05) is 17.0 Å². The van der Waals surface area contributed by atoms with Crippen LogP contribution in [-0.4, -0.2) is 68.4 Å². The fourth-order valence-corrected chi connectivity index (χ4v) is 3.14. The third-order valence-electron chi connectivity index (χ3n) is 4.86. The molecule has 0 radical (unpaired) electrons. The molecule has 2 heterocycles. The number of aryl methyl sites for hydroxylation is 1. The second-order valence-electron chi connectivity index (χ2n) is 6.77. The second kappa shape index (κ2) is 8.85. The van der Waals surface area contributed by atoms with Crippen LogP contribution in [0, 0.1) is 0 Å². The van der Waals surface area contributed by atoms with Gasteiger partial charge in [-0.25, -0.2) is 0 Å². The molecule has 8 heteroatoms.